The van der Waals surface area contributed by atoms with Gasteiger partial charge in [-0.1, -0.05) is 30.8 Å². The monoisotopic (exact) mass is 249 g/mol. The molecule has 1 radical (unpaired) electrons. The van der Waals surface area contributed by atoms with Gasteiger partial charge in [-0.15, -0.1) is 0 Å². The lowest BCUT2D eigenvalue weighted by molar-refractivity contribution is 0.0999. The molecule has 0 spiro atoms. The molecular formula is C12H10FN2OS. The SMILES string of the molecule is CCC1=C[N]C(=NC(=O)c2ccccc2F)S1. The van der Waals surface area contributed by atoms with Crippen molar-refractivity contribution in [3.05, 3.63) is 46.8 Å². The van der Waals surface area contributed by atoms with Gasteiger partial charge in [0.1, 0.15) is 5.82 Å². The quantitative estimate of drug-likeness (QED) is 0.808. The summed E-state index contributed by atoms with van der Waals surface area (Å²) in [6.07, 6.45) is 2.53. The Labute approximate surface area is 103 Å². The van der Waals surface area contributed by atoms with E-state index in [0.29, 0.717) is 5.17 Å². The third-order valence-electron chi connectivity index (χ3n) is 2.19. The molecule has 1 aromatic rings. The Morgan fingerprint density at radius 1 is 1.47 bits per heavy atom. The molecule has 87 valence electrons. The van der Waals surface area contributed by atoms with Crippen molar-refractivity contribution in [3.8, 4) is 0 Å². The van der Waals surface area contributed by atoms with Gasteiger partial charge in [-0.05, 0) is 18.6 Å². The molecule has 1 aliphatic rings. The molecule has 5 heteroatoms. The van der Waals surface area contributed by atoms with Gasteiger partial charge in [0.2, 0.25) is 0 Å². The predicted octanol–water partition coefficient (Wildman–Crippen LogP) is 2.92. The molecule has 0 aromatic heterocycles. The number of hydrogen-bond donors (Lipinski definition) is 0. The first kappa shape index (κ1) is 11.9. The lowest BCUT2D eigenvalue weighted by Crippen LogP contribution is -2.06. The molecule has 1 aromatic carbocycles. The summed E-state index contributed by atoms with van der Waals surface area (Å²) in [5.74, 6) is -1.16. The molecule has 0 fully saturated rings. The van der Waals surface area contributed by atoms with E-state index in [4.69, 9.17) is 0 Å². The number of carbonyl (C=O) groups excluding carboxylic acids is 1. The fraction of sp³-hybridized carbons (Fsp3) is 0.167. The third kappa shape index (κ3) is 2.74. The van der Waals surface area contributed by atoms with Crippen LogP contribution >= 0.6 is 11.8 Å². The maximum atomic E-state index is 13.3. The van der Waals surface area contributed by atoms with E-state index >= 15 is 0 Å². The van der Waals surface area contributed by atoms with E-state index in [9.17, 15) is 9.18 Å². The van der Waals surface area contributed by atoms with Gasteiger partial charge < -0.3 is 0 Å². The van der Waals surface area contributed by atoms with E-state index < -0.39 is 11.7 Å². The molecule has 0 bridgehead atoms. The molecule has 0 saturated carbocycles. The standard InChI is InChI=1S/C12H10FN2OS/c1-2-8-7-14-12(17-8)15-11(16)9-5-3-4-6-10(9)13/h3-7H,2H2,1H3. The molecule has 1 heterocycles. The highest BCUT2D eigenvalue weighted by atomic mass is 32.2. The van der Waals surface area contributed by atoms with Crippen LogP contribution in [0.4, 0.5) is 4.39 Å². The molecule has 0 atom stereocenters. The van der Waals surface area contributed by atoms with Gasteiger partial charge in [0.25, 0.3) is 5.91 Å². The van der Waals surface area contributed by atoms with Gasteiger partial charge in [-0.3, -0.25) is 4.79 Å². The van der Waals surface area contributed by atoms with Crippen LogP contribution in [0.1, 0.15) is 23.7 Å². The Morgan fingerprint density at radius 3 is 2.88 bits per heavy atom. The topological polar surface area (TPSA) is 43.5 Å². The van der Waals surface area contributed by atoms with Crippen LogP contribution in [0, 0.1) is 5.82 Å². The van der Waals surface area contributed by atoms with Crippen molar-refractivity contribution >= 4 is 22.8 Å². The van der Waals surface area contributed by atoms with Crippen LogP contribution in [0.15, 0.2) is 40.4 Å². The maximum absolute atomic E-state index is 13.3. The number of thioether (sulfide) groups is 1. The number of nitrogens with zero attached hydrogens (tertiary/aromatic N) is 2. The molecule has 0 aliphatic carbocycles. The van der Waals surface area contributed by atoms with Gasteiger partial charge >= 0.3 is 0 Å². The van der Waals surface area contributed by atoms with E-state index in [1.807, 2.05) is 6.92 Å². The zero-order valence-electron chi connectivity index (χ0n) is 9.18. The molecule has 2 rings (SSSR count). The lowest BCUT2D eigenvalue weighted by atomic mass is 10.2. The van der Waals surface area contributed by atoms with Crippen LogP contribution in [0.2, 0.25) is 0 Å². The van der Waals surface area contributed by atoms with Crippen LogP contribution in [0.3, 0.4) is 0 Å². The van der Waals surface area contributed by atoms with E-state index in [2.05, 4.69) is 10.3 Å². The Morgan fingerprint density at radius 2 is 2.24 bits per heavy atom. The van der Waals surface area contributed by atoms with E-state index in [1.54, 1.807) is 12.3 Å². The third-order valence-corrected chi connectivity index (χ3v) is 3.23. The first-order chi connectivity index (χ1) is 8.20. The maximum Gasteiger partial charge on any atom is 0.282 e. The Balaban J connectivity index is 2.14. The minimum atomic E-state index is -0.597. The van der Waals surface area contributed by atoms with Gasteiger partial charge in [-0.25, -0.2) is 9.71 Å². The van der Waals surface area contributed by atoms with Crippen LogP contribution < -0.4 is 5.32 Å². The average molecular weight is 249 g/mol. The highest BCUT2D eigenvalue weighted by molar-refractivity contribution is 8.17. The second kappa shape index (κ2) is 5.14. The number of amidine groups is 1. The number of benzene rings is 1. The Hall–Kier alpha value is -1.62. The van der Waals surface area contributed by atoms with Crippen molar-refractivity contribution < 1.29 is 9.18 Å². The number of allylic oxidation sites excluding steroid dienone is 1. The van der Waals surface area contributed by atoms with Crippen molar-refractivity contribution in [2.45, 2.75) is 13.3 Å². The van der Waals surface area contributed by atoms with Crippen LogP contribution in [-0.4, -0.2) is 11.1 Å². The Bertz CT molecular complexity index is 511. The molecule has 1 aliphatic heterocycles. The summed E-state index contributed by atoms with van der Waals surface area (Å²) in [7, 11) is 0. The second-order valence-electron chi connectivity index (χ2n) is 3.36. The Kier molecular flexibility index (Phi) is 3.58. The van der Waals surface area contributed by atoms with Gasteiger partial charge in [0.15, 0.2) is 5.17 Å². The lowest BCUT2D eigenvalue weighted by Gasteiger charge is -1.98. The van der Waals surface area contributed by atoms with E-state index in [0.717, 1.165) is 11.3 Å². The second-order valence-corrected chi connectivity index (χ2v) is 4.45. The van der Waals surface area contributed by atoms with Crippen molar-refractivity contribution in [2.75, 3.05) is 0 Å². The molecule has 0 unspecified atom stereocenters. The van der Waals surface area contributed by atoms with Crippen LogP contribution in [0.5, 0.6) is 0 Å². The summed E-state index contributed by atoms with van der Waals surface area (Å²) in [5, 5.41) is 4.36. The minimum absolute atomic E-state index is 0.0271. The van der Waals surface area contributed by atoms with Gasteiger partial charge in [-0.2, -0.15) is 4.99 Å². The van der Waals surface area contributed by atoms with Crippen LogP contribution in [-0.2, 0) is 0 Å². The first-order valence-electron chi connectivity index (χ1n) is 5.16. The number of halogens is 1. The van der Waals surface area contributed by atoms with Crippen molar-refractivity contribution in [1.82, 2.24) is 5.32 Å². The fourth-order valence-corrected chi connectivity index (χ4v) is 2.01. The average Bonchev–Trinajstić information content (AvgIpc) is 2.77. The normalized spacial score (nSPS) is 16.8. The van der Waals surface area contributed by atoms with E-state index in [1.165, 1.54) is 30.0 Å². The van der Waals surface area contributed by atoms with E-state index in [-0.39, 0.29) is 5.56 Å². The molecule has 0 N–H and O–H groups in total. The molecule has 0 saturated heterocycles. The van der Waals surface area contributed by atoms with Crippen molar-refractivity contribution in [3.63, 3.8) is 0 Å². The summed E-state index contributed by atoms with van der Waals surface area (Å²) < 4.78 is 13.3. The van der Waals surface area contributed by atoms with Gasteiger partial charge in [0, 0.05) is 11.1 Å². The summed E-state index contributed by atoms with van der Waals surface area (Å²) >= 11 is 1.34. The molecule has 17 heavy (non-hydrogen) atoms. The molecule has 1 amide bonds. The summed E-state index contributed by atoms with van der Waals surface area (Å²) in [5.41, 5.74) is -0.0271. The highest BCUT2D eigenvalue weighted by Crippen LogP contribution is 2.25. The largest absolute Gasteiger partial charge is 0.282 e. The minimum Gasteiger partial charge on any atom is -0.267 e. The smallest absolute Gasteiger partial charge is 0.267 e. The number of aliphatic imine (C=N–C) groups is 1. The summed E-state index contributed by atoms with van der Waals surface area (Å²) in [4.78, 5) is 16.5. The van der Waals surface area contributed by atoms with Crippen molar-refractivity contribution in [2.24, 2.45) is 4.99 Å². The fourth-order valence-electron chi connectivity index (χ4n) is 1.29. The first-order valence-corrected chi connectivity index (χ1v) is 5.97. The summed E-state index contributed by atoms with van der Waals surface area (Å²) in [6.45, 7) is 2.00. The number of rotatable bonds is 2. The molecule has 3 nitrogen and oxygen atoms in total. The highest BCUT2D eigenvalue weighted by Gasteiger charge is 2.16. The van der Waals surface area contributed by atoms with Crippen LogP contribution in [0.25, 0.3) is 0 Å². The van der Waals surface area contributed by atoms with Gasteiger partial charge in [0.05, 0.1) is 5.56 Å². The van der Waals surface area contributed by atoms with Crippen molar-refractivity contribution in [1.29, 1.82) is 0 Å². The number of hydrogen-bond acceptors (Lipinski definition) is 2. The zero-order chi connectivity index (χ0) is 12.3. The number of amides is 1. The zero-order valence-corrected chi connectivity index (χ0v) is 10.00. The number of carbonyl (C=O) groups is 1. The predicted molar refractivity (Wildman–Crippen MR) is 66.3 cm³/mol. The molecular weight excluding hydrogens is 239 g/mol. The summed E-state index contributed by atoms with van der Waals surface area (Å²) in [6, 6.07) is 5.79.